The average Bonchev–Trinajstić information content (AvgIpc) is 3.26. The van der Waals surface area contributed by atoms with Crippen molar-refractivity contribution in [2.75, 3.05) is 0 Å². The fourth-order valence-electron chi connectivity index (χ4n) is 6.25. The van der Waals surface area contributed by atoms with Gasteiger partial charge < -0.3 is 0 Å². The third-order valence-corrected chi connectivity index (χ3v) is 7.45. The third-order valence-electron chi connectivity index (χ3n) is 7.45. The van der Waals surface area contributed by atoms with Crippen LogP contribution in [0.2, 0.25) is 0 Å². The van der Waals surface area contributed by atoms with Crippen molar-refractivity contribution >= 4 is 0 Å². The van der Waals surface area contributed by atoms with Crippen molar-refractivity contribution in [1.82, 2.24) is 0 Å². The van der Waals surface area contributed by atoms with Gasteiger partial charge in [-0.25, -0.2) is 0 Å². The minimum Gasteiger partial charge on any atom is -0.0619 e. The van der Waals surface area contributed by atoms with Crippen LogP contribution in [0.25, 0.3) is 22.3 Å². The molecule has 2 aliphatic rings. The number of benzene rings is 4. The van der Waals surface area contributed by atoms with Crippen LogP contribution in [0.3, 0.4) is 0 Å². The lowest BCUT2D eigenvalue weighted by atomic mass is 9.70. The van der Waals surface area contributed by atoms with Gasteiger partial charge in [-0.1, -0.05) is 113 Å². The second kappa shape index (κ2) is 6.44. The zero-order valence-corrected chi connectivity index (χ0v) is 18.7. The third kappa shape index (κ3) is 2.20. The van der Waals surface area contributed by atoms with Crippen molar-refractivity contribution in [1.29, 1.82) is 0 Å². The second-order valence-corrected chi connectivity index (χ2v) is 9.69. The summed E-state index contributed by atoms with van der Waals surface area (Å²) in [4.78, 5) is 0. The van der Waals surface area contributed by atoms with E-state index in [1.807, 2.05) is 0 Å². The molecule has 0 heterocycles. The number of hydrogen-bond donors (Lipinski definition) is 0. The van der Waals surface area contributed by atoms with E-state index in [0.717, 1.165) is 0 Å². The van der Waals surface area contributed by atoms with Gasteiger partial charge in [0.05, 0.1) is 5.41 Å². The highest BCUT2D eigenvalue weighted by molar-refractivity contribution is 5.97. The Kier molecular flexibility index (Phi) is 3.87. The van der Waals surface area contributed by atoms with E-state index in [0.29, 0.717) is 11.8 Å². The summed E-state index contributed by atoms with van der Waals surface area (Å²) in [6.07, 6.45) is 0. The second-order valence-electron chi connectivity index (χ2n) is 9.69. The summed E-state index contributed by atoms with van der Waals surface area (Å²) >= 11 is 0. The molecule has 0 bridgehead atoms. The van der Waals surface area contributed by atoms with Crippen LogP contribution < -0.4 is 0 Å². The summed E-state index contributed by atoms with van der Waals surface area (Å²) in [6.45, 7) is 9.31. The Morgan fingerprint density at radius 1 is 0.452 bits per heavy atom. The number of hydrogen-bond acceptors (Lipinski definition) is 0. The highest BCUT2D eigenvalue weighted by Crippen LogP contribution is 2.64. The van der Waals surface area contributed by atoms with Crippen LogP contribution in [-0.2, 0) is 5.41 Å². The van der Waals surface area contributed by atoms with E-state index in [1.165, 1.54) is 55.6 Å². The van der Waals surface area contributed by atoms with E-state index < -0.39 is 0 Å². The fraction of sp³-hybridized carbons (Fsp3) is 0.226. The molecule has 0 fully saturated rings. The van der Waals surface area contributed by atoms with E-state index in [-0.39, 0.29) is 5.41 Å². The lowest BCUT2D eigenvalue weighted by Crippen LogP contribution is -2.26. The lowest BCUT2D eigenvalue weighted by Gasteiger charge is -2.30. The lowest BCUT2D eigenvalue weighted by molar-refractivity contribution is 0.786. The summed E-state index contributed by atoms with van der Waals surface area (Å²) in [5.74, 6) is 0.954. The van der Waals surface area contributed by atoms with Gasteiger partial charge in [0, 0.05) is 0 Å². The molecule has 152 valence electrons. The summed E-state index contributed by atoms with van der Waals surface area (Å²) in [6, 6.07) is 32.1. The van der Waals surface area contributed by atoms with Crippen molar-refractivity contribution in [3.8, 4) is 22.3 Å². The first-order valence-electron chi connectivity index (χ1n) is 11.5. The zero-order valence-electron chi connectivity index (χ0n) is 18.7. The topological polar surface area (TPSA) is 0 Å². The van der Waals surface area contributed by atoms with Crippen molar-refractivity contribution in [2.24, 2.45) is 0 Å². The molecule has 0 aromatic heterocycles. The molecule has 0 saturated carbocycles. The SMILES string of the molecule is CC(C)c1cccc2c1-c1c(C(C)C)cccc1C21c2ccccc2-c2ccccc21. The normalized spacial score (nSPS) is 14.6. The molecule has 0 amide bonds. The Balaban J connectivity index is 1.87. The van der Waals surface area contributed by atoms with E-state index in [1.54, 1.807) is 0 Å². The maximum atomic E-state index is 2.39. The number of fused-ring (bicyclic) bond motifs is 10. The summed E-state index contributed by atoms with van der Waals surface area (Å²) in [5, 5.41) is 0. The van der Waals surface area contributed by atoms with Gasteiger partial charge >= 0.3 is 0 Å². The maximum Gasteiger partial charge on any atom is 0.0725 e. The smallest absolute Gasteiger partial charge is 0.0619 e. The molecule has 4 aromatic rings. The van der Waals surface area contributed by atoms with Gasteiger partial charge in [0.15, 0.2) is 0 Å². The first-order valence-corrected chi connectivity index (χ1v) is 11.5. The van der Waals surface area contributed by atoms with Gasteiger partial charge in [-0.3, -0.25) is 0 Å². The maximum absolute atomic E-state index is 2.39. The van der Waals surface area contributed by atoms with Gasteiger partial charge in [0.25, 0.3) is 0 Å². The van der Waals surface area contributed by atoms with Crippen LogP contribution >= 0.6 is 0 Å². The predicted octanol–water partition coefficient (Wildman–Crippen LogP) is 8.28. The molecule has 0 saturated heterocycles. The molecule has 0 nitrogen and oxygen atoms in total. The molecule has 0 atom stereocenters. The van der Waals surface area contributed by atoms with Crippen LogP contribution in [0.4, 0.5) is 0 Å². The minimum atomic E-state index is -0.229. The molecule has 31 heavy (non-hydrogen) atoms. The van der Waals surface area contributed by atoms with Crippen LogP contribution in [0.15, 0.2) is 84.9 Å². The molecule has 0 N–H and O–H groups in total. The molecule has 0 unspecified atom stereocenters. The molecule has 0 radical (unpaired) electrons. The van der Waals surface area contributed by atoms with Crippen molar-refractivity contribution in [3.63, 3.8) is 0 Å². The molecular weight excluding hydrogens is 372 g/mol. The van der Waals surface area contributed by atoms with Crippen molar-refractivity contribution < 1.29 is 0 Å². The predicted molar refractivity (Wildman–Crippen MR) is 131 cm³/mol. The fourth-order valence-corrected chi connectivity index (χ4v) is 6.25. The summed E-state index contributed by atoms with van der Waals surface area (Å²) in [7, 11) is 0. The van der Waals surface area contributed by atoms with Gasteiger partial charge in [-0.2, -0.15) is 0 Å². The van der Waals surface area contributed by atoms with E-state index in [9.17, 15) is 0 Å². The summed E-state index contributed by atoms with van der Waals surface area (Å²) < 4.78 is 0. The van der Waals surface area contributed by atoms with Gasteiger partial charge in [-0.15, -0.1) is 0 Å². The molecule has 6 rings (SSSR count). The monoisotopic (exact) mass is 400 g/mol. The molecule has 4 aromatic carbocycles. The van der Waals surface area contributed by atoms with Crippen molar-refractivity contribution in [2.45, 2.75) is 44.9 Å². The Bertz CT molecular complexity index is 1230. The van der Waals surface area contributed by atoms with Crippen molar-refractivity contribution in [3.05, 3.63) is 118 Å². The van der Waals surface area contributed by atoms with E-state index in [2.05, 4.69) is 113 Å². The van der Waals surface area contributed by atoms with Crippen LogP contribution in [-0.4, -0.2) is 0 Å². The standard InChI is InChI=1S/C31H28/c1-19(2)21-13-9-17-27-29(21)30-22(20(3)4)14-10-18-28(30)31(27)25-15-7-5-11-23(25)24-12-6-8-16-26(24)31/h5-20H,1-4H3. The minimum absolute atomic E-state index is 0.229. The van der Waals surface area contributed by atoms with Crippen LogP contribution in [0.1, 0.15) is 72.9 Å². The van der Waals surface area contributed by atoms with E-state index >= 15 is 0 Å². The first-order chi connectivity index (χ1) is 15.1. The molecule has 2 aliphatic carbocycles. The average molecular weight is 401 g/mol. The highest BCUT2D eigenvalue weighted by atomic mass is 14.5. The highest BCUT2D eigenvalue weighted by Gasteiger charge is 2.52. The van der Waals surface area contributed by atoms with Gasteiger partial charge in [-0.05, 0) is 67.5 Å². The quantitative estimate of drug-likeness (QED) is 0.274. The molecule has 0 aliphatic heterocycles. The van der Waals surface area contributed by atoms with Crippen LogP contribution in [0, 0.1) is 0 Å². The molecule has 1 spiro atoms. The zero-order chi connectivity index (χ0) is 21.3. The number of rotatable bonds is 2. The van der Waals surface area contributed by atoms with Gasteiger partial charge in [0.1, 0.15) is 0 Å². The Morgan fingerprint density at radius 2 is 0.839 bits per heavy atom. The Labute approximate surface area is 185 Å². The molecule has 0 heteroatoms. The van der Waals surface area contributed by atoms with Gasteiger partial charge in [0.2, 0.25) is 0 Å². The van der Waals surface area contributed by atoms with Crippen LogP contribution in [0.5, 0.6) is 0 Å². The largest absolute Gasteiger partial charge is 0.0725 e. The van der Waals surface area contributed by atoms with E-state index in [4.69, 9.17) is 0 Å². The Morgan fingerprint density at radius 3 is 1.26 bits per heavy atom. The molecular formula is C31H28. The summed E-state index contributed by atoms with van der Waals surface area (Å²) in [5.41, 5.74) is 14.2. The Hall–Kier alpha value is -3.12. The first kappa shape index (κ1) is 18.6.